The molecule has 0 unspecified atom stereocenters. The highest BCUT2D eigenvalue weighted by Gasteiger charge is 2.25. The van der Waals surface area contributed by atoms with Crippen molar-refractivity contribution in [1.82, 2.24) is 0 Å². The molecule has 11 heavy (non-hydrogen) atoms. The number of hydrogen-bond acceptors (Lipinski definition) is 0. The van der Waals surface area contributed by atoms with E-state index in [2.05, 4.69) is 0 Å². The molecular weight excluding hydrogens is 139 g/mol. The Labute approximate surface area is 66.1 Å². The lowest BCUT2D eigenvalue weighted by Gasteiger charge is -2.00. The number of halogens is 1. The average molecular weight is 150 g/mol. The second-order valence-electron chi connectivity index (χ2n) is 3.30. The van der Waals surface area contributed by atoms with E-state index in [1.165, 1.54) is 12.8 Å². The first-order valence-corrected chi connectivity index (χ1v) is 4.03. The van der Waals surface area contributed by atoms with Gasteiger partial charge in [0.25, 0.3) is 0 Å². The van der Waals surface area contributed by atoms with Crippen LogP contribution in [0.5, 0.6) is 0 Å². The van der Waals surface area contributed by atoms with Crippen LogP contribution >= 0.6 is 0 Å². The summed E-state index contributed by atoms with van der Waals surface area (Å²) in [6, 6.07) is 5.52. The predicted octanol–water partition coefficient (Wildman–Crippen LogP) is 3.01. The van der Waals surface area contributed by atoms with Crippen molar-refractivity contribution >= 4 is 0 Å². The molecule has 0 aromatic heterocycles. The van der Waals surface area contributed by atoms with Gasteiger partial charge < -0.3 is 0 Å². The molecule has 1 aromatic rings. The molecule has 1 saturated carbocycles. The summed E-state index contributed by atoms with van der Waals surface area (Å²) in [6.07, 6.45) is 2.33. The molecule has 1 fully saturated rings. The molecule has 0 N–H and O–H groups in total. The van der Waals surface area contributed by atoms with Crippen molar-refractivity contribution < 1.29 is 4.39 Å². The number of benzene rings is 1. The van der Waals surface area contributed by atoms with Crippen LogP contribution in [-0.2, 0) is 0 Å². The van der Waals surface area contributed by atoms with Gasteiger partial charge in [-0.25, -0.2) is 4.39 Å². The third-order valence-electron chi connectivity index (χ3n) is 2.17. The van der Waals surface area contributed by atoms with Gasteiger partial charge in [0.2, 0.25) is 0 Å². The minimum atomic E-state index is -0.0208. The molecule has 2 rings (SSSR count). The summed E-state index contributed by atoms with van der Waals surface area (Å²) in [7, 11) is 0. The Morgan fingerprint density at radius 2 is 2.09 bits per heavy atom. The summed E-state index contributed by atoms with van der Waals surface area (Å²) >= 11 is 0. The molecule has 0 atom stereocenters. The lowest BCUT2D eigenvalue weighted by molar-refractivity contribution is 0.609. The van der Waals surface area contributed by atoms with Crippen LogP contribution in [0.3, 0.4) is 0 Å². The Balaban J connectivity index is 2.39. The van der Waals surface area contributed by atoms with Crippen molar-refractivity contribution in [2.45, 2.75) is 25.7 Å². The normalized spacial score (nSPS) is 16.9. The molecule has 0 saturated heterocycles. The van der Waals surface area contributed by atoms with Crippen LogP contribution in [0.1, 0.15) is 29.9 Å². The molecule has 0 nitrogen and oxygen atoms in total. The molecule has 0 amide bonds. The quantitative estimate of drug-likeness (QED) is 0.577. The maximum atomic E-state index is 13.1. The third kappa shape index (κ3) is 1.28. The summed E-state index contributed by atoms with van der Waals surface area (Å²) < 4.78 is 13.1. The van der Waals surface area contributed by atoms with Gasteiger partial charge in [-0.1, -0.05) is 12.1 Å². The van der Waals surface area contributed by atoms with E-state index in [1.54, 1.807) is 6.07 Å². The Bertz CT molecular complexity index is 274. The molecule has 58 valence electrons. The Morgan fingerprint density at radius 1 is 1.36 bits per heavy atom. The summed E-state index contributed by atoms with van der Waals surface area (Å²) in [6.45, 7) is 1.92. The van der Waals surface area contributed by atoms with Crippen molar-refractivity contribution in [3.8, 4) is 0 Å². The molecule has 0 aliphatic heterocycles. The van der Waals surface area contributed by atoms with Crippen LogP contribution in [-0.4, -0.2) is 0 Å². The number of aryl methyl sites for hydroxylation is 1. The van der Waals surface area contributed by atoms with Gasteiger partial charge in [0.05, 0.1) is 0 Å². The Hall–Kier alpha value is -0.850. The zero-order valence-electron chi connectivity index (χ0n) is 6.60. The highest BCUT2D eigenvalue weighted by molar-refractivity contribution is 5.29. The van der Waals surface area contributed by atoms with Crippen LogP contribution < -0.4 is 0 Å². The SMILES string of the molecule is Cc1ccc(C2CC2)c(F)c1. The Morgan fingerprint density at radius 3 is 2.64 bits per heavy atom. The smallest absolute Gasteiger partial charge is 0.126 e. The van der Waals surface area contributed by atoms with Crippen LogP contribution in [0.25, 0.3) is 0 Å². The van der Waals surface area contributed by atoms with Crippen LogP contribution in [0.4, 0.5) is 4.39 Å². The second kappa shape index (κ2) is 2.33. The molecule has 0 spiro atoms. The summed E-state index contributed by atoms with van der Waals surface area (Å²) in [4.78, 5) is 0. The topological polar surface area (TPSA) is 0 Å². The maximum absolute atomic E-state index is 13.1. The largest absolute Gasteiger partial charge is 0.207 e. The van der Waals surface area contributed by atoms with Crippen molar-refractivity contribution in [2.75, 3.05) is 0 Å². The first-order chi connectivity index (χ1) is 5.27. The minimum absolute atomic E-state index is 0.0208. The van der Waals surface area contributed by atoms with Gasteiger partial charge in [-0.2, -0.15) is 0 Å². The monoisotopic (exact) mass is 150 g/mol. The van der Waals surface area contributed by atoms with Gasteiger partial charge in [-0.15, -0.1) is 0 Å². The molecule has 1 heteroatoms. The molecule has 1 aliphatic carbocycles. The van der Waals surface area contributed by atoms with Crippen LogP contribution in [0.15, 0.2) is 18.2 Å². The lowest BCUT2D eigenvalue weighted by Crippen LogP contribution is -1.86. The first kappa shape index (κ1) is 6.84. The van der Waals surface area contributed by atoms with Gasteiger partial charge >= 0.3 is 0 Å². The second-order valence-corrected chi connectivity index (χ2v) is 3.30. The fourth-order valence-electron chi connectivity index (χ4n) is 1.36. The van der Waals surface area contributed by atoms with Gasteiger partial charge in [-0.05, 0) is 42.9 Å². The van der Waals surface area contributed by atoms with Gasteiger partial charge in [0.15, 0.2) is 0 Å². The van der Waals surface area contributed by atoms with Crippen LogP contribution in [0.2, 0.25) is 0 Å². The molecular formula is C10H11F. The number of rotatable bonds is 1. The van der Waals surface area contributed by atoms with E-state index >= 15 is 0 Å². The molecule has 1 aromatic carbocycles. The van der Waals surface area contributed by atoms with Crippen LogP contribution in [0, 0.1) is 12.7 Å². The number of hydrogen-bond donors (Lipinski definition) is 0. The van der Waals surface area contributed by atoms with E-state index in [4.69, 9.17) is 0 Å². The van der Waals surface area contributed by atoms with E-state index in [9.17, 15) is 4.39 Å². The zero-order valence-corrected chi connectivity index (χ0v) is 6.60. The summed E-state index contributed by atoms with van der Waals surface area (Å²) in [5.41, 5.74) is 1.92. The zero-order chi connectivity index (χ0) is 7.84. The van der Waals surface area contributed by atoms with Crippen molar-refractivity contribution in [1.29, 1.82) is 0 Å². The van der Waals surface area contributed by atoms with E-state index in [-0.39, 0.29) is 5.82 Å². The van der Waals surface area contributed by atoms with E-state index in [1.807, 2.05) is 19.1 Å². The third-order valence-corrected chi connectivity index (χ3v) is 2.17. The van der Waals surface area contributed by atoms with Gasteiger partial charge in [0.1, 0.15) is 5.82 Å². The van der Waals surface area contributed by atoms with Crippen molar-refractivity contribution in [3.63, 3.8) is 0 Å². The highest BCUT2D eigenvalue weighted by atomic mass is 19.1. The maximum Gasteiger partial charge on any atom is 0.126 e. The average Bonchev–Trinajstić information content (AvgIpc) is 2.70. The van der Waals surface area contributed by atoms with Crippen molar-refractivity contribution in [3.05, 3.63) is 35.1 Å². The Kier molecular flexibility index (Phi) is 1.45. The van der Waals surface area contributed by atoms with Crippen molar-refractivity contribution in [2.24, 2.45) is 0 Å². The molecule has 0 radical (unpaired) electrons. The highest BCUT2D eigenvalue weighted by Crippen LogP contribution is 2.41. The van der Waals surface area contributed by atoms with Gasteiger partial charge in [-0.3, -0.25) is 0 Å². The lowest BCUT2D eigenvalue weighted by atomic mass is 10.1. The standard InChI is InChI=1S/C10H11F/c1-7-2-5-9(8-3-4-8)10(11)6-7/h2,5-6,8H,3-4H2,1H3. The summed E-state index contributed by atoms with van der Waals surface area (Å²) in [5, 5.41) is 0. The van der Waals surface area contributed by atoms with E-state index in [0.717, 1.165) is 11.1 Å². The fraction of sp³-hybridized carbons (Fsp3) is 0.400. The minimum Gasteiger partial charge on any atom is -0.207 e. The summed E-state index contributed by atoms with van der Waals surface area (Å²) in [5.74, 6) is 0.503. The molecule has 0 bridgehead atoms. The predicted molar refractivity (Wildman–Crippen MR) is 43.1 cm³/mol. The molecule has 0 heterocycles. The van der Waals surface area contributed by atoms with Gasteiger partial charge in [0, 0.05) is 0 Å². The van der Waals surface area contributed by atoms with E-state index < -0.39 is 0 Å². The fourth-order valence-corrected chi connectivity index (χ4v) is 1.36. The van der Waals surface area contributed by atoms with E-state index in [0.29, 0.717) is 5.92 Å². The first-order valence-electron chi connectivity index (χ1n) is 4.03. The molecule has 1 aliphatic rings.